The Labute approximate surface area is 215 Å². The predicted octanol–water partition coefficient (Wildman–Crippen LogP) is 3.42. The van der Waals surface area contributed by atoms with Crippen molar-refractivity contribution in [2.45, 2.75) is 16.7 Å². The van der Waals surface area contributed by atoms with Crippen LogP contribution in [0.4, 0.5) is 17.3 Å². The summed E-state index contributed by atoms with van der Waals surface area (Å²) in [6, 6.07) is 21.7. The zero-order valence-corrected chi connectivity index (χ0v) is 21.3. The monoisotopic (exact) mass is 537 g/mol. The lowest BCUT2D eigenvalue weighted by atomic mass is 10.2. The van der Waals surface area contributed by atoms with Gasteiger partial charge < -0.3 is 5.32 Å². The molecule has 0 saturated carbocycles. The molecule has 3 aromatic carbocycles. The molecule has 4 rings (SSSR count). The van der Waals surface area contributed by atoms with Crippen LogP contribution in [-0.4, -0.2) is 39.3 Å². The SMILES string of the molecule is Cc1ccccc1N(CC(=O)Nc1ccc(S(=O)(=O)Nc2ncccn2)cc1)S(=O)(=O)c1ccccc1. The van der Waals surface area contributed by atoms with Gasteiger partial charge >= 0.3 is 0 Å². The minimum atomic E-state index is -4.05. The molecule has 0 spiro atoms. The van der Waals surface area contributed by atoms with Gasteiger partial charge in [-0.3, -0.25) is 9.10 Å². The first kappa shape index (κ1) is 25.8. The first-order valence-electron chi connectivity index (χ1n) is 11.0. The van der Waals surface area contributed by atoms with Gasteiger partial charge in [-0.05, 0) is 61.0 Å². The van der Waals surface area contributed by atoms with Gasteiger partial charge in [0, 0.05) is 18.1 Å². The second kappa shape index (κ2) is 10.8. The number of rotatable bonds is 9. The van der Waals surface area contributed by atoms with E-state index in [2.05, 4.69) is 20.0 Å². The molecular weight excluding hydrogens is 514 g/mol. The van der Waals surface area contributed by atoms with E-state index in [-0.39, 0.29) is 15.7 Å². The molecule has 0 saturated heterocycles. The number of aromatic nitrogens is 2. The van der Waals surface area contributed by atoms with Crippen molar-refractivity contribution in [3.63, 3.8) is 0 Å². The number of carbonyl (C=O) groups excluding carboxylic acids is 1. The van der Waals surface area contributed by atoms with Gasteiger partial charge in [0.15, 0.2) is 0 Å². The van der Waals surface area contributed by atoms with Crippen LogP contribution in [-0.2, 0) is 24.8 Å². The number of para-hydroxylation sites is 1. The maximum Gasteiger partial charge on any atom is 0.264 e. The number of aryl methyl sites for hydroxylation is 1. The summed E-state index contributed by atoms with van der Waals surface area (Å²) in [5.74, 6) is -0.676. The van der Waals surface area contributed by atoms with Gasteiger partial charge in [-0.2, -0.15) is 0 Å². The van der Waals surface area contributed by atoms with E-state index in [0.717, 1.165) is 4.31 Å². The highest BCUT2D eigenvalue weighted by Crippen LogP contribution is 2.27. The van der Waals surface area contributed by atoms with E-state index in [0.29, 0.717) is 16.9 Å². The van der Waals surface area contributed by atoms with E-state index in [1.165, 1.54) is 48.8 Å². The smallest absolute Gasteiger partial charge is 0.264 e. The molecule has 0 fully saturated rings. The first-order valence-corrected chi connectivity index (χ1v) is 13.9. The summed E-state index contributed by atoms with van der Waals surface area (Å²) in [6.07, 6.45) is 2.81. The third-order valence-electron chi connectivity index (χ3n) is 5.24. The second-order valence-electron chi connectivity index (χ2n) is 7.86. The summed E-state index contributed by atoms with van der Waals surface area (Å²) in [6.45, 7) is 1.27. The molecule has 37 heavy (non-hydrogen) atoms. The normalized spacial score (nSPS) is 11.5. The zero-order valence-electron chi connectivity index (χ0n) is 19.6. The number of sulfonamides is 2. The Kier molecular flexibility index (Phi) is 7.50. The van der Waals surface area contributed by atoms with Crippen molar-refractivity contribution >= 4 is 43.3 Å². The van der Waals surface area contributed by atoms with Gasteiger partial charge in [-0.25, -0.2) is 31.5 Å². The maximum atomic E-state index is 13.4. The van der Waals surface area contributed by atoms with Gasteiger partial charge in [0.05, 0.1) is 15.5 Å². The second-order valence-corrected chi connectivity index (χ2v) is 11.4. The number of carbonyl (C=O) groups is 1. The first-order chi connectivity index (χ1) is 17.7. The minimum absolute atomic E-state index is 0.0514. The van der Waals surface area contributed by atoms with Crippen molar-refractivity contribution in [2.75, 3.05) is 20.9 Å². The van der Waals surface area contributed by atoms with Crippen LogP contribution in [0.3, 0.4) is 0 Å². The van der Waals surface area contributed by atoms with Gasteiger partial charge in [0.1, 0.15) is 6.54 Å². The molecule has 1 amide bonds. The van der Waals surface area contributed by atoms with Crippen LogP contribution in [0.25, 0.3) is 0 Å². The highest BCUT2D eigenvalue weighted by Gasteiger charge is 2.28. The van der Waals surface area contributed by atoms with Gasteiger partial charge in [-0.15, -0.1) is 0 Å². The Bertz CT molecular complexity index is 1600. The van der Waals surface area contributed by atoms with Crippen molar-refractivity contribution in [3.8, 4) is 0 Å². The van der Waals surface area contributed by atoms with Crippen molar-refractivity contribution in [3.05, 3.63) is 103 Å². The topological polar surface area (TPSA) is 138 Å². The Hall–Kier alpha value is -4.29. The molecule has 10 nitrogen and oxygen atoms in total. The Morgan fingerprint density at radius 1 is 0.784 bits per heavy atom. The molecule has 190 valence electrons. The third kappa shape index (κ3) is 6.11. The number of nitrogens with one attached hydrogen (secondary N) is 2. The van der Waals surface area contributed by atoms with Crippen molar-refractivity contribution in [1.82, 2.24) is 9.97 Å². The highest BCUT2D eigenvalue weighted by molar-refractivity contribution is 7.93. The fourth-order valence-electron chi connectivity index (χ4n) is 3.44. The summed E-state index contributed by atoms with van der Waals surface area (Å²) < 4.78 is 55.3. The maximum absolute atomic E-state index is 13.4. The van der Waals surface area contributed by atoms with Crippen LogP contribution < -0.4 is 14.3 Å². The van der Waals surface area contributed by atoms with E-state index in [1.807, 2.05) is 0 Å². The molecule has 2 N–H and O–H groups in total. The molecule has 0 atom stereocenters. The summed E-state index contributed by atoms with van der Waals surface area (Å²) in [5.41, 5.74) is 1.35. The number of benzene rings is 3. The fourth-order valence-corrected chi connectivity index (χ4v) is 5.91. The van der Waals surface area contributed by atoms with Gasteiger partial charge in [0.2, 0.25) is 11.9 Å². The van der Waals surface area contributed by atoms with Crippen molar-refractivity contribution < 1.29 is 21.6 Å². The van der Waals surface area contributed by atoms with Crippen LogP contribution in [0.2, 0.25) is 0 Å². The molecule has 4 aromatic rings. The summed E-state index contributed by atoms with van der Waals surface area (Å²) in [5, 5.41) is 2.63. The lowest BCUT2D eigenvalue weighted by Crippen LogP contribution is -2.38. The van der Waals surface area contributed by atoms with Crippen LogP contribution in [0, 0.1) is 6.92 Å². The Morgan fingerprint density at radius 3 is 2.05 bits per heavy atom. The van der Waals surface area contributed by atoms with Crippen molar-refractivity contribution in [1.29, 1.82) is 0 Å². The third-order valence-corrected chi connectivity index (χ3v) is 8.36. The van der Waals surface area contributed by atoms with Gasteiger partial charge in [-0.1, -0.05) is 36.4 Å². The minimum Gasteiger partial charge on any atom is -0.325 e. The molecule has 12 heteroatoms. The average Bonchev–Trinajstić information content (AvgIpc) is 2.89. The van der Waals surface area contributed by atoms with Crippen LogP contribution in [0.5, 0.6) is 0 Å². The van der Waals surface area contributed by atoms with E-state index in [1.54, 1.807) is 55.5 Å². The number of nitrogens with zero attached hydrogens (tertiary/aromatic N) is 3. The fraction of sp³-hybridized carbons (Fsp3) is 0.0800. The highest BCUT2D eigenvalue weighted by atomic mass is 32.2. The van der Waals surface area contributed by atoms with Gasteiger partial charge in [0.25, 0.3) is 20.0 Å². The summed E-state index contributed by atoms with van der Waals surface area (Å²) in [4.78, 5) is 20.6. The van der Waals surface area contributed by atoms with E-state index < -0.39 is 32.5 Å². The lowest BCUT2D eigenvalue weighted by molar-refractivity contribution is -0.114. The quantitative estimate of drug-likeness (QED) is 0.334. The Morgan fingerprint density at radius 2 is 1.41 bits per heavy atom. The number of anilines is 3. The molecular formula is C25H23N5O5S2. The largest absolute Gasteiger partial charge is 0.325 e. The lowest BCUT2D eigenvalue weighted by Gasteiger charge is -2.25. The standard InChI is InChI=1S/C25H23N5O5S2/c1-19-8-5-6-11-23(19)30(37(34,35)22-9-3-2-4-10-22)18-24(31)28-20-12-14-21(15-13-20)36(32,33)29-25-26-16-7-17-27-25/h2-17H,18H2,1H3,(H,28,31)(H,26,27,29). The zero-order chi connectivity index (χ0) is 26.5. The van der Waals surface area contributed by atoms with Crippen molar-refractivity contribution in [2.24, 2.45) is 0 Å². The number of hydrogen-bond donors (Lipinski definition) is 2. The van der Waals surface area contributed by atoms with E-state index >= 15 is 0 Å². The molecule has 0 bridgehead atoms. The average molecular weight is 538 g/mol. The van der Waals surface area contributed by atoms with E-state index in [4.69, 9.17) is 0 Å². The number of amides is 1. The molecule has 0 aliphatic carbocycles. The molecule has 0 aliphatic heterocycles. The number of hydrogen-bond acceptors (Lipinski definition) is 7. The molecule has 0 radical (unpaired) electrons. The summed E-state index contributed by atoms with van der Waals surface area (Å²) >= 11 is 0. The molecule has 1 heterocycles. The van der Waals surface area contributed by atoms with Crippen LogP contribution in [0.15, 0.2) is 107 Å². The van der Waals surface area contributed by atoms with Crippen LogP contribution >= 0.6 is 0 Å². The molecule has 1 aromatic heterocycles. The summed E-state index contributed by atoms with van der Waals surface area (Å²) in [7, 11) is -7.99. The van der Waals surface area contributed by atoms with E-state index in [9.17, 15) is 21.6 Å². The predicted molar refractivity (Wildman–Crippen MR) is 140 cm³/mol. The van der Waals surface area contributed by atoms with Crippen LogP contribution in [0.1, 0.15) is 5.56 Å². The Balaban J connectivity index is 1.53. The molecule has 0 aliphatic rings. The molecule has 0 unspecified atom stereocenters.